The summed E-state index contributed by atoms with van der Waals surface area (Å²) in [6.07, 6.45) is 0. The third-order valence-corrected chi connectivity index (χ3v) is 6.03. The number of rotatable bonds is 4. The molecule has 8 heteroatoms. The molecule has 2 aromatic heterocycles. The standard InChI is InChI=1S/C16H10Cl2N4S2/c17-12-7-6-10(8-13(12)18)15-21-22-14(19-20-16(22)24-15)9-23-11-4-2-1-3-5-11/h1-8H,9H2. The van der Waals surface area contributed by atoms with Crippen LogP contribution in [0, 0.1) is 0 Å². The minimum atomic E-state index is 0.514. The highest BCUT2D eigenvalue weighted by molar-refractivity contribution is 7.98. The summed E-state index contributed by atoms with van der Waals surface area (Å²) in [5.41, 5.74) is 0.918. The lowest BCUT2D eigenvalue weighted by Crippen LogP contribution is -1.94. The second-order valence-corrected chi connectivity index (χ2v) is 7.77. The summed E-state index contributed by atoms with van der Waals surface area (Å²) in [5, 5.41) is 14.9. The summed E-state index contributed by atoms with van der Waals surface area (Å²) in [7, 11) is 0. The van der Waals surface area contributed by atoms with E-state index < -0.39 is 0 Å². The van der Waals surface area contributed by atoms with Crippen molar-refractivity contribution >= 4 is 51.3 Å². The van der Waals surface area contributed by atoms with E-state index >= 15 is 0 Å². The molecule has 0 saturated heterocycles. The zero-order chi connectivity index (χ0) is 16.5. The molecule has 0 spiro atoms. The van der Waals surface area contributed by atoms with Crippen LogP contribution in [-0.2, 0) is 5.75 Å². The van der Waals surface area contributed by atoms with Crippen LogP contribution in [0.1, 0.15) is 5.82 Å². The van der Waals surface area contributed by atoms with E-state index in [0.29, 0.717) is 15.8 Å². The van der Waals surface area contributed by atoms with Crippen LogP contribution in [0.2, 0.25) is 10.0 Å². The molecule has 0 radical (unpaired) electrons. The highest BCUT2D eigenvalue weighted by Crippen LogP contribution is 2.31. The molecule has 4 nitrogen and oxygen atoms in total. The molecule has 2 heterocycles. The quantitative estimate of drug-likeness (QED) is 0.433. The Morgan fingerprint density at radius 1 is 1.00 bits per heavy atom. The normalized spacial score (nSPS) is 11.2. The lowest BCUT2D eigenvalue weighted by atomic mass is 10.2. The largest absolute Gasteiger partial charge is 0.235 e. The van der Waals surface area contributed by atoms with Crippen LogP contribution in [0.15, 0.2) is 53.4 Å². The van der Waals surface area contributed by atoms with Gasteiger partial charge in [0.25, 0.3) is 0 Å². The Bertz CT molecular complexity index is 998. The number of halogens is 2. The fourth-order valence-electron chi connectivity index (χ4n) is 2.16. The van der Waals surface area contributed by atoms with Gasteiger partial charge in [0.2, 0.25) is 4.96 Å². The molecule has 0 aliphatic rings. The van der Waals surface area contributed by atoms with Gasteiger partial charge in [0, 0.05) is 10.5 Å². The van der Waals surface area contributed by atoms with Crippen LogP contribution in [-0.4, -0.2) is 19.8 Å². The van der Waals surface area contributed by atoms with Crippen LogP contribution in [0.25, 0.3) is 15.5 Å². The van der Waals surface area contributed by atoms with Gasteiger partial charge in [-0.2, -0.15) is 9.61 Å². The van der Waals surface area contributed by atoms with Crippen molar-refractivity contribution in [1.82, 2.24) is 19.8 Å². The van der Waals surface area contributed by atoms with Crippen LogP contribution in [0.4, 0.5) is 0 Å². The SMILES string of the molecule is Clc1ccc(-c2nn3c(CSc4ccccc4)nnc3s2)cc1Cl. The minimum absolute atomic E-state index is 0.514. The molecule has 0 saturated carbocycles. The number of fused-ring (bicyclic) bond motifs is 1. The molecule has 0 amide bonds. The Morgan fingerprint density at radius 2 is 1.83 bits per heavy atom. The average molecular weight is 393 g/mol. The summed E-state index contributed by atoms with van der Waals surface area (Å²) in [6, 6.07) is 15.7. The predicted octanol–water partition coefficient (Wildman–Crippen LogP) is 5.45. The van der Waals surface area contributed by atoms with Crippen LogP contribution in [0.3, 0.4) is 0 Å². The second-order valence-electron chi connectivity index (χ2n) is 4.95. The Morgan fingerprint density at radius 3 is 2.62 bits per heavy atom. The van der Waals surface area contributed by atoms with Crippen LogP contribution in [0.5, 0.6) is 0 Å². The van der Waals surface area contributed by atoms with Gasteiger partial charge in [-0.3, -0.25) is 0 Å². The van der Waals surface area contributed by atoms with Crippen LogP contribution >= 0.6 is 46.3 Å². The summed E-state index contributed by atoms with van der Waals surface area (Å²) in [5.74, 6) is 1.52. The molecule has 0 unspecified atom stereocenters. The molecular weight excluding hydrogens is 383 g/mol. The first-order valence-electron chi connectivity index (χ1n) is 7.05. The van der Waals surface area contributed by atoms with Crippen molar-refractivity contribution in [2.75, 3.05) is 0 Å². The highest BCUT2D eigenvalue weighted by Gasteiger charge is 2.14. The van der Waals surface area contributed by atoms with Crippen molar-refractivity contribution in [3.05, 3.63) is 64.4 Å². The molecule has 0 aliphatic carbocycles. The molecule has 0 aliphatic heterocycles. The Kier molecular flexibility index (Phi) is 4.45. The fraction of sp³-hybridized carbons (Fsp3) is 0.0625. The maximum atomic E-state index is 6.09. The Hall–Kier alpha value is -1.60. The number of nitrogens with zero attached hydrogens (tertiary/aromatic N) is 4. The van der Waals surface area contributed by atoms with E-state index in [1.165, 1.54) is 16.2 Å². The number of hydrogen-bond donors (Lipinski definition) is 0. The van der Waals surface area contributed by atoms with Crippen molar-refractivity contribution in [3.63, 3.8) is 0 Å². The van der Waals surface area contributed by atoms with Crippen molar-refractivity contribution in [2.45, 2.75) is 10.6 Å². The number of benzene rings is 2. The van der Waals surface area contributed by atoms with Crippen molar-refractivity contribution in [1.29, 1.82) is 0 Å². The molecule has 0 N–H and O–H groups in total. The highest BCUT2D eigenvalue weighted by atomic mass is 35.5. The van der Waals surface area contributed by atoms with Gasteiger partial charge in [-0.25, -0.2) is 0 Å². The van der Waals surface area contributed by atoms with Gasteiger partial charge in [0.05, 0.1) is 15.8 Å². The van der Waals surface area contributed by atoms with Gasteiger partial charge < -0.3 is 0 Å². The van der Waals surface area contributed by atoms with Gasteiger partial charge in [0.1, 0.15) is 5.01 Å². The van der Waals surface area contributed by atoms with Gasteiger partial charge in [-0.15, -0.1) is 22.0 Å². The molecule has 120 valence electrons. The van der Waals surface area contributed by atoms with E-state index in [1.807, 2.05) is 30.3 Å². The zero-order valence-electron chi connectivity index (χ0n) is 12.2. The molecule has 4 aromatic rings. The summed E-state index contributed by atoms with van der Waals surface area (Å²) in [4.78, 5) is 1.95. The lowest BCUT2D eigenvalue weighted by molar-refractivity contribution is 0.887. The maximum Gasteiger partial charge on any atom is 0.235 e. The molecule has 0 fully saturated rings. The first-order chi connectivity index (χ1) is 11.7. The van der Waals surface area contributed by atoms with Crippen molar-refractivity contribution < 1.29 is 0 Å². The van der Waals surface area contributed by atoms with E-state index in [9.17, 15) is 0 Å². The molecular formula is C16H10Cl2N4S2. The molecule has 24 heavy (non-hydrogen) atoms. The van der Waals surface area contributed by atoms with E-state index in [1.54, 1.807) is 22.3 Å². The third-order valence-electron chi connectivity index (χ3n) is 3.33. The first-order valence-corrected chi connectivity index (χ1v) is 9.61. The lowest BCUT2D eigenvalue weighted by Gasteiger charge is -1.99. The monoisotopic (exact) mass is 392 g/mol. The predicted molar refractivity (Wildman–Crippen MR) is 100 cm³/mol. The topological polar surface area (TPSA) is 43.1 Å². The van der Waals surface area contributed by atoms with Gasteiger partial charge in [-0.1, -0.05) is 58.8 Å². The number of thioether (sulfide) groups is 1. The fourth-order valence-corrected chi connectivity index (χ4v) is 4.14. The summed E-state index contributed by atoms with van der Waals surface area (Å²) < 4.78 is 1.79. The molecule has 4 rings (SSSR count). The maximum absolute atomic E-state index is 6.09. The summed E-state index contributed by atoms with van der Waals surface area (Å²) >= 11 is 15.2. The minimum Gasteiger partial charge on any atom is -0.186 e. The number of hydrogen-bond acceptors (Lipinski definition) is 5. The van der Waals surface area contributed by atoms with Crippen molar-refractivity contribution in [2.24, 2.45) is 0 Å². The average Bonchev–Trinajstić information content (AvgIpc) is 3.17. The van der Waals surface area contributed by atoms with Gasteiger partial charge in [-0.05, 0) is 24.3 Å². The third kappa shape index (κ3) is 3.15. The van der Waals surface area contributed by atoms with Gasteiger partial charge >= 0.3 is 0 Å². The van der Waals surface area contributed by atoms with Gasteiger partial charge in [0.15, 0.2) is 5.82 Å². The van der Waals surface area contributed by atoms with E-state index in [-0.39, 0.29) is 0 Å². The smallest absolute Gasteiger partial charge is 0.186 e. The van der Waals surface area contributed by atoms with Crippen LogP contribution < -0.4 is 0 Å². The Labute approximate surface area is 156 Å². The molecule has 0 atom stereocenters. The molecule has 2 aromatic carbocycles. The van der Waals surface area contributed by atoms with Crippen molar-refractivity contribution in [3.8, 4) is 10.6 Å². The molecule has 0 bridgehead atoms. The first kappa shape index (κ1) is 15.9. The van der Waals surface area contributed by atoms with E-state index in [2.05, 4.69) is 27.4 Å². The van der Waals surface area contributed by atoms with E-state index in [0.717, 1.165) is 21.4 Å². The number of aromatic nitrogens is 4. The Balaban J connectivity index is 1.62. The van der Waals surface area contributed by atoms with E-state index in [4.69, 9.17) is 23.2 Å². The second kappa shape index (κ2) is 6.72. The zero-order valence-corrected chi connectivity index (χ0v) is 15.3. The summed E-state index contributed by atoms with van der Waals surface area (Å²) in [6.45, 7) is 0.